The number of ether oxygens (including phenoxy) is 3. The summed E-state index contributed by atoms with van der Waals surface area (Å²) in [5.74, 6) is -2.13. The van der Waals surface area contributed by atoms with Crippen molar-refractivity contribution in [2.75, 3.05) is 32.0 Å². The monoisotopic (exact) mass is 567 g/mol. The van der Waals surface area contributed by atoms with Gasteiger partial charge in [-0.25, -0.2) is 9.78 Å². The first kappa shape index (κ1) is 27.9. The van der Waals surface area contributed by atoms with Crippen LogP contribution in [0.15, 0.2) is 21.8 Å². The minimum atomic E-state index is -0.932. The van der Waals surface area contributed by atoms with Crippen LogP contribution in [0, 0.1) is 5.41 Å². The normalized spacial score (nSPS) is 23.5. The quantitative estimate of drug-likeness (QED) is 0.151. The smallest absolute Gasteiger partial charge is 0.358 e. The Morgan fingerprint density at radius 2 is 2.08 bits per heavy atom. The van der Waals surface area contributed by atoms with Crippen molar-refractivity contribution in [2.45, 2.75) is 51.1 Å². The Labute approximate surface area is 227 Å². The fourth-order valence-corrected chi connectivity index (χ4v) is 6.01. The number of nitrogen functional groups attached to an aromatic ring is 1. The number of nitrogens with one attached hydrogen (secondary N) is 1. The molecule has 2 fully saturated rings. The molecule has 0 radical (unpaired) electrons. The molecule has 3 aliphatic heterocycles. The number of hydrogen-bond donors (Lipinski definition) is 2. The third-order valence-electron chi connectivity index (χ3n) is 5.95. The van der Waals surface area contributed by atoms with Crippen molar-refractivity contribution in [3.8, 4) is 0 Å². The predicted octanol–water partition coefficient (Wildman–Crippen LogP) is 0.999. The number of carbonyl (C=O) groups is 4. The van der Waals surface area contributed by atoms with Crippen LogP contribution in [0.2, 0.25) is 0 Å². The summed E-state index contributed by atoms with van der Waals surface area (Å²) in [6.45, 7) is 4.99. The zero-order chi connectivity index (χ0) is 27.6. The largest absolute Gasteiger partial charge is 0.427 e. The molecule has 4 rings (SSSR count). The van der Waals surface area contributed by atoms with Gasteiger partial charge in [-0.3, -0.25) is 19.3 Å². The van der Waals surface area contributed by atoms with Crippen LogP contribution >= 0.6 is 23.1 Å². The van der Waals surface area contributed by atoms with Gasteiger partial charge in [0.2, 0.25) is 6.79 Å². The lowest BCUT2D eigenvalue weighted by atomic mass is 9.98. The van der Waals surface area contributed by atoms with E-state index in [9.17, 15) is 19.2 Å². The molecule has 0 saturated carbocycles. The Kier molecular flexibility index (Phi) is 8.28. The van der Waals surface area contributed by atoms with E-state index in [1.54, 1.807) is 26.2 Å². The number of β-lactam (4-membered cyclic amide) rings is 1. The summed E-state index contributed by atoms with van der Waals surface area (Å²) in [5.41, 5.74) is 5.67. The molecule has 1 aromatic rings. The molecular weight excluding hydrogens is 538 g/mol. The lowest BCUT2D eigenvalue weighted by Crippen LogP contribution is -2.71. The molecule has 206 valence electrons. The fraction of sp³-hybridized carbons (Fsp3) is 0.565. The van der Waals surface area contributed by atoms with Crippen LogP contribution in [0.25, 0.3) is 0 Å². The highest BCUT2D eigenvalue weighted by Gasteiger charge is 2.55. The van der Waals surface area contributed by atoms with E-state index in [0.29, 0.717) is 24.4 Å². The van der Waals surface area contributed by atoms with Crippen molar-refractivity contribution in [1.29, 1.82) is 0 Å². The Morgan fingerprint density at radius 3 is 2.68 bits per heavy atom. The number of oxime groups is 1. The zero-order valence-electron chi connectivity index (χ0n) is 21.3. The van der Waals surface area contributed by atoms with Crippen molar-refractivity contribution in [3.05, 3.63) is 22.3 Å². The number of fused-ring (bicyclic) bond motifs is 1. The number of rotatable bonds is 8. The van der Waals surface area contributed by atoms with Crippen LogP contribution in [0.4, 0.5) is 5.13 Å². The highest BCUT2D eigenvalue weighted by Crippen LogP contribution is 2.43. The van der Waals surface area contributed by atoms with Gasteiger partial charge in [-0.2, -0.15) is 0 Å². The summed E-state index contributed by atoms with van der Waals surface area (Å²) in [4.78, 5) is 61.6. The number of nitrogens with zero attached hydrogens (tertiary/aromatic N) is 3. The van der Waals surface area contributed by atoms with E-state index in [0.717, 1.165) is 17.8 Å². The van der Waals surface area contributed by atoms with Crippen molar-refractivity contribution in [3.63, 3.8) is 0 Å². The first-order valence-corrected chi connectivity index (χ1v) is 13.7. The molecule has 38 heavy (non-hydrogen) atoms. The van der Waals surface area contributed by atoms with Gasteiger partial charge in [0.25, 0.3) is 11.8 Å². The summed E-state index contributed by atoms with van der Waals surface area (Å²) in [6, 6.07) is -0.932. The van der Waals surface area contributed by atoms with Gasteiger partial charge in [0.05, 0.1) is 11.5 Å². The zero-order valence-corrected chi connectivity index (χ0v) is 23.0. The minimum Gasteiger partial charge on any atom is -0.427 e. The van der Waals surface area contributed by atoms with E-state index < -0.39 is 47.4 Å². The molecule has 2 amide bonds. The number of aromatic nitrogens is 1. The maximum atomic E-state index is 13.3. The Hall–Kier alpha value is -3.17. The van der Waals surface area contributed by atoms with Gasteiger partial charge in [-0.1, -0.05) is 5.16 Å². The standard InChI is InChI=1S/C23H29N5O8S2/c1-23(2,3)21(32)36-10-35-20(31)16-11(13-6-5-7-34-13)8-37-19-15(18(30)28(16)19)26-17(29)14(27-33-4)12-9-38-22(24)25-12/h9,13,15,19H,5-8,10H2,1-4H3,(H2,24,25)(H,26,29)/b27-14-/t13-,15-,19-/m1/s1. The molecule has 4 heterocycles. The number of thiazole rings is 1. The first-order chi connectivity index (χ1) is 18.0. The van der Waals surface area contributed by atoms with Crippen molar-refractivity contribution < 1.29 is 38.2 Å². The second kappa shape index (κ2) is 11.3. The topological polar surface area (TPSA) is 172 Å². The van der Waals surface area contributed by atoms with E-state index in [1.807, 2.05) is 0 Å². The molecule has 13 nitrogen and oxygen atoms in total. The molecule has 0 spiro atoms. The maximum absolute atomic E-state index is 13.3. The molecule has 3 N–H and O–H groups in total. The number of thioether (sulfide) groups is 1. The molecule has 0 unspecified atom stereocenters. The van der Waals surface area contributed by atoms with Crippen LogP contribution in [-0.2, 0) is 38.2 Å². The second-order valence-corrected chi connectivity index (χ2v) is 11.7. The third-order valence-corrected chi connectivity index (χ3v) is 7.93. The minimum absolute atomic E-state index is 0.0565. The number of hydrogen-bond acceptors (Lipinski definition) is 13. The Morgan fingerprint density at radius 1 is 1.32 bits per heavy atom. The second-order valence-electron chi connectivity index (χ2n) is 9.66. The maximum Gasteiger partial charge on any atom is 0.358 e. The van der Waals surface area contributed by atoms with Gasteiger partial charge in [0.15, 0.2) is 10.8 Å². The third kappa shape index (κ3) is 5.63. The number of carbonyl (C=O) groups excluding carboxylic acids is 4. The van der Waals surface area contributed by atoms with Crippen LogP contribution in [-0.4, -0.2) is 83.1 Å². The molecule has 0 aliphatic carbocycles. The number of amides is 2. The molecular formula is C23H29N5O8S2. The molecule has 2 saturated heterocycles. The van der Waals surface area contributed by atoms with Crippen molar-refractivity contribution in [2.24, 2.45) is 10.6 Å². The summed E-state index contributed by atoms with van der Waals surface area (Å²) >= 11 is 2.52. The lowest BCUT2D eigenvalue weighted by Gasteiger charge is -2.50. The molecule has 1 aromatic heterocycles. The predicted molar refractivity (Wildman–Crippen MR) is 138 cm³/mol. The van der Waals surface area contributed by atoms with Crippen LogP contribution < -0.4 is 11.1 Å². The lowest BCUT2D eigenvalue weighted by molar-refractivity contribution is -0.173. The SMILES string of the molecule is CO/N=C(\C(=O)N[C@@H]1C(=O)N2C(C(=O)OCOC(=O)C(C)(C)C)=C([C@H]3CCCO3)CS[C@H]12)c1csc(N)n1. The molecule has 0 bridgehead atoms. The van der Waals surface area contributed by atoms with E-state index in [1.165, 1.54) is 23.8 Å². The summed E-state index contributed by atoms with van der Waals surface area (Å²) in [6.07, 6.45) is 1.19. The van der Waals surface area contributed by atoms with Gasteiger partial charge >= 0.3 is 11.9 Å². The molecule has 3 aliphatic rings. The number of esters is 2. The van der Waals surface area contributed by atoms with Crippen LogP contribution in [0.1, 0.15) is 39.3 Å². The van der Waals surface area contributed by atoms with E-state index >= 15 is 0 Å². The van der Waals surface area contributed by atoms with Gasteiger partial charge < -0.3 is 30.1 Å². The van der Waals surface area contributed by atoms with E-state index in [4.69, 9.17) is 24.8 Å². The van der Waals surface area contributed by atoms with Gasteiger partial charge in [-0.15, -0.1) is 23.1 Å². The highest BCUT2D eigenvalue weighted by atomic mass is 32.2. The van der Waals surface area contributed by atoms with Gasteiger partial charge in [-0.05, 0) is 39.2 Å². The average Bonchev–Trinajstić information content (AvgIpc) is 3.56. The fourth-order valence-electron chi connectivity index (χ4n) is 4.05. The molecule has 15 heteroatoms. The first-order valence-electron chi connectivity index (χ1n) is 11.8. The number of nitrogens with two attached hydrogens (primary N) is 1. The Balaban J connectivity index is 1.50. The van der Waals surface area contributed by atoms with Crippen LogP contribution in [0.5, 0.6) is 0 Å². The summed E-state index contributed by atoms with van der Waals surface area (Å²) in [5, 5.41) is 7.63. The van der Waals surface area contributed by atoms with E-state index in [-0.39, 0.29) is 28.3 Å². The average molecular weight is 568 g/mol. The van der Waals surface area contributed by atoms with Crippen LogP contribution in [0.3, 0.4) is 0 Å². The van der Waals surface area contributed by atoms with Gasteiger partial charge in [0, 0.05) is 17.7 Å². The summed E-state index contributed by atoms with van der Waals surface area (Å²) in [7, 11) is 1.28. The molecule has 0 aromatic carbocycles. The number of anilines is 1. The Bertz CT molecular complexity index is 1180. The summed E-state index contributed by atoms with van der Waals surface area (Å²) < 4.78 is 16.1. The van der Waals surface area contributed by atoms with E-state index in [2.05, 4.69) is 15.5 Å². The van der Waals surface area contributed by atoms with Crippen molar-refractivity contribution in [1.82, 2.24) is 15.2 Å². The molecule has 3 atom stereocenters. The van der Waals surface area contributed by atoms with Gasteiger partial charge in [0.1, 0.15) is 29.9 Å². The van der Waals surface area contributed by atoms with Crippen molar-refractivity contribution >= 4 is 57.7 Å². The highest BCUT2D eigenvalue weighted by molar-refractivity contribution is 8.00.